The third-order valence-electron chi connectivity index (χ3n) is 4.16. The van der Waals surface area contributed by atoms with Crippen LogP contribution in [0.5, 0.6) is 5.75 Å². The van der Waals surface area contributed by atoms with Crippen molar-refractivity contribution >= 4 is 5.91 Å². The van der Waals surface area contributed by atoms with Crippen LogP contribution in [0.4, 0.5) is 8.78 Å². The maximum Gasteiger partial charge on any atom is 0.258 e. The molecule has 0 heterocycles. The molecule has 2 aromatic carbocycles. The highest BCUT2D eigenvalue weighted by Gasteiger charge is 2.39. The van der Waals surface area contributed by atoms with Crippen LogP contribution in [-0.2, 0) is 10.3 Å². The molecule has 23 heavy (non-hydrogen) atoms. The minimum atomic E-state index is -0.820. The van der Waals surface area contributed by atoms with Gasteiger partial charge < -0.3 is 10.1 Å². The van der Waals surface area contributed by atoms with Crippen molar-refractivity contribution in [3.8, 4) is 5.75 Å². The Hall–Kier alpha value is -2.43. The van der Waals surface area contributed by atoms with Gasteiger partial charge in [-0.1, -0.05) is 30.3 Å². The zero-order valence-electron chi connectivity index (χ0n) is 12.5. The zero-order chi connectivity index (χ0) is 16.3. The minimum absolute atomic E-state index is 0.135. The lowest BCUT2D eigenvalue weighted by molar-refractivity contribution is -0.126. The number of hydrogen-bond donors (Lipinski definition) is 1. The molecule has 0 atom stereocenters. The Morgan fingerprint density at radius 2 is 1.87 bits per heavy atom. The van der Waals surface area contributed by atoms with Gasteiger partial charge in [0.1, 0.15) is 5.82 Å². The Morgan fingerprint density at radius 1 is 1.13 bits per heavy atom. The summed E-state index contributed by atoms with van der Waals surface area (Å²) < 4.78 is 31.5. The molecule has 1 aliphatic carbocycles. The molecule has 1 amide bonds. The van der Waals surface area contributed by atoms with Gasteiger partial charge in [0.15, 0.2) is 18.2 Å². The van der Waals surface area contributed by atoms with Gasteiger partial charge in [-0.05, 0) is 37.0 Å². The number of nitrogens with one attached hydrogen (secondary N) is 1. The SMILES string of the molecule is O=C(COc1ccc(F)cc1F)NC1(c2ccccc2)CCC1. The maximum absolute atomic E-state index is 13.5. The van der Waals surface area contributed by atoms with E-state index in [2.05, 4.69) is 5.32 Å². The summed E-state index contributed by atoms with van der Waals surface area (Å²) in [5, 5.41) is 2.99. The van der Waals surface area contributed by atoms with Crippen molar-refractivity contribution in [1.29, 1.82) is 0 Å². The summed E-state index contributed by atoms with van der Waals surface area (Å²) in [6.07, 6.45) is 2.78. The van der Waals surface area contributed by atoms with Gasteiger partial charge in [-0.15, -0.1) is 0 Å². The Bertz CT molecular complexity index is 699. The van der Waals surface area contributed by atoms with Gasteiger partial charge in [-0.2, -0.15) is 0 Å². The second-order valence-corrected chi connectivity index (χ2v) is 5.71. The summed E-state index contributed by atoms with van der Waals surface area (Å²) in [5.41, 5.74) is 0.704. The largest absolute Gasteiger partial charge is 0.481 e. The van der Waals surface area contributed by atoms with Crippen LogP contribution < -0.4 is 10.1 Å². The Labute approximate surface area is 133 Å². The van der Waals surface area contributed by atoms with E-state index in [1.807, 2.05) is 30.3 Å². The Kier molecular flexibility index (Phi) is 4.28. The molecule has 3 nitrogen and oxygen atoms in total. The Balaban J connectivity index is 1.62. The van der Waals surface area contributed by atoms with Crippen LogP contribution in [0.2, 0.25) is 0 Å². The molecule has 0 aromatic heterocycles. The van der Waals surface area contributed by atoms with Gasteiger partial charge in [0.25, 0.3) is 5.91 Å². The molecule has 0 unspecified atom stereocenters. The van der Waals surface area contributed by atoms with E-state index in [1.54, 1.807) is 0 Å². The molecule has 1 aliphatic rings. The van der Waals surface area contributed by atoms with E-state index in [0.29, 0.717) is 0 Å². The van der Waals surface area contributed by atoms with Gasteiger partial charge in [-0.25, -0.2) is 8.78 Å². The number of amides is 1. The molecule has 0 radical (unpaired) electrons. The second kappa shape index (κ2) is 6.36. The topological polar surface area (TPSA) is 38.3 Å². The summed E-state index contributed by atoms with van der Waals surface area (Å²) in [7, 11) is 0. The molecule has 1 saturated carbocycles. The lowest BCUT2D eigenvalue weighted by Crippen LogP contribution is -2.52. The van der Waals surface area contributed by atoms with Gasteiger partial charge in [0, 0.05) is 6.07 Å². The van der Waals surface area contributed by atoms with Crippen LogP contribution in [-0.4, -0.2) is 12.5 Å². The van der Waals surface area contributed by atoms with E-state index in [9.17, 15) is 13.6 Å². The highest BCUT2D eigenvalue weighted by molar-refractivity contribution is 5.78. The molecular formula is C18H17F2NO2. The van der Waals surface area contributed by atoms with E-state index < -0.39 is 11.6 Å². The number of benzene rings is 2. The molecule has 0 spiro atoms. The van der Waals surface area contributed by atoms with Crippen LogP contribution in [0.1, 0.15) is 24.8 Å². The highest BCUT2D eigenvalue weighted by Crippen LogP contribution is 2.41. The van der Waals surface area contributed by atoms with Crippen LogP contribution in [0.25, 0.3) is 0 Å². The lowest BCUT2D eigenvalue weighted by Gasteiger charge is -2.43. The Morgan fingerprint density at radius 3 is 2.48 bits per heavy atom. The average Bonchev–Trinajstić information content (AvgIpc) is 2.51. The first-order valence-corrected chi connectivity index (χ1v) is 7.53. The smallest absolute Gasteiger partial charge is 0.258 e. The number of carbonyl (C=O) groups is 1. The fourth-order valence-electron chi connectivity index (χ4n) is 2.81. The summed E-state index contributed by atoms with van der Waals surface area (Å²) in [6.45, 7) is -0.308. The first-order valence-electron chi connectivity index (χ1n) is 7.53. The van der Waals surface area contributed by atoms with Gasteiger partial charge >= 0.3 is 0 Å². The number of rotatable bonds is 5. The number of carbonyl (C=O) groups excluding carboxylic acids is 1. The molecular weight excluding hydrogens is 300 g/mol. The van der Waals surface area contributed by atoms with E-state index in [-0.39, 0.29) is 23.8 Å². The molecule has 0 aliphatic heterocycles. The van der Waals surface area contributed by atoms with Crippen molar-refractivity contribution in [3.63, 3.8) is 0 Å². The number of hydrogen-bond acceptors (Lipinski definition) is 2. The first kappa shape index (κ1) is 15.5. The van der Waals surface area contributed by atoms with Crippen LogP contribution in [0, 0.1) is 11.6 Å². The van der Waals surface area contributed by atoms with Crippen molar-refractivity contribution in [3.05, 3.63) is 65.7 Å². The second-order valence-electron chi connectivity index (χ2n) is 5.71. The highest BCUT2D eigenvalue weighted by atomic mass is 19.1. The van der Waals surface area contributed by atoms with E-state index in [4.69, 9.17) is 4.74 Å². The first-order chi connectivity index (χ1) is 11.1. The zero-order valence-corrected chi connectivity index (χ0v) is 12.5. The summed E-state index contributed by atoms with van der Waals surface area (Å²) in [5.74, 6) is -1.96. The number of ether oxygens (including phenoxy) is 1. The molecule has 1 N–H and O–H groups in total. The van der Waals surface area contributed by atoms with Crippen LogP contribution in [0.3, 0.4) is 0 Å². The van der Waals surface area contributed by atoms with Crippen molar-refractivity contribution in [2.45, 2.75) is 24.8 Å². The third-order valence-corrected chi connectivity index (χ3v) is 4.16. The lowest BCUT2D eigenvalue weighted by atomic mass is 9.72. The molecule has 3 rings (SSSR count). The van der Waals surface area contributed by atoms with Gasteiger partial charge in [0.05, 0.1) is 5.54 Å². The average molecular weight is 317 g/mol. The normalized spacial score (nSPS) is 15.6. The fourth-order valence-corrected chi connectivity index (χ4v) is 2.81. The quantitative estimate of drug-likeness (QED) is 0.916. The van der Waals surface area contributed by atoms with E-state index >= 15 is 0 Å². The molecule has 1 fully saturated rings. The maximum atomic E-state index is 13.5. The molecule has 0 bridgehead atoms. The minimum Gasteiger partial charge on any atom is -0.481 e. The van der Waals surface area contributed by atoms with E-state index in [0.717, 1.165) is 37.0 Å². The van der Waals surface area contributed by atoms with Gasteiger partial charge in [-0.3, -0.25) is 4.79 Å². The molecule has 120 valence electrons. The van der Waals surface area contributed by atoms with Crippen molar-refractivity contribution < 1.29 is 18.3 Å². The monoisotopic (exact) mass is 317 g/mol. The molecule has 2 aromatic rings. The number of halogens is 2. The standard InChI is InChI=1S/C18H17F2NO2/c19-14-7-8-16(15(20)11-14)23-12-17(22)21-18(9-4-10-18)13-5-2-1-3-6-13/h1-3,5-8,11H,4,9-10,12H2,(H,21,22). The molecule has 0 saturated heterocycles. The van der Waals surface area contributed by atoms with Crippen molar-refractivity contribution in [2.24, 2.45) is 0 Å². The van der Waals surface area contributed by atoms with Crippen LogP contribution in [0.15, 0.2) is 48.5 Å². The third kappa shape index (κ3) is 3.33. The molecule has 5 heteroatoms. The van der Waals surface area contributed by atoms with Crippen molar-refractivity contribution in [2.75, 3.05) is 6.61 Å². The van der Waals surface area contributed by atoms with Gasteiger partial charge in [0.2, 0.25) is 0 Å². The predicted molar refractivity (Wildman–Crippen MR) is 82.0 cm³/mol. The summed E-state index contributed by atoms with van der Waals surface area (Å²) in [6, 6.07) is 12.8. The predicted octanol–water partition coefficient (Wildman–Crippen LogP) is 3.54. The van der Waals surface area contributed by atoms with Crippen molar-refractivity contribution in [1.82, 2.24) is 5.32 Å². The fraction of sp³-hybridized carbons (Fsp3) is 0.278. The summed E-state index contributed by atoms with van der Waals surface area (Å²) >= 11 is 0. The summed E-state index contributed by atoms with van der Waals surface area (Å²) in [4.78, 5) is 12.1. The van der Waals surface area contributed by atoms with Crippen LogP contribution >= 0.6 is 0 Å². The van der Waals surface area contributed by atoms with E-state index in [1.165, 1.54) is 6.07 Å².